The third-order valence-corrected chi connectivity index (χ3v) is 1.55. The van der Waals surface area contributed by atoms with Gasteiger partial charge in [0.05, 0.1) is 0 Å². The van der Waals surface area contributed by atoms with E-state index in [1.165, 1.54) is 6.20 Å². The third kappa shape index (κ3) is 2.23. The van der Waals surface area contributed by atoms with Crippen LogP contribution in [0.5, 0.6) is 0 Å². The van der Waals surface area contributed by atoms with Gasteiger partial charge in [0.1, 0.15) is 0 Å². The van der Waals surface area contributed by atoms with Gasteiger partial charge in [-0.25, -0.2) is 4.98 Å². The lowest BCUT2D eigenvalue weighted by atomic mass is 10.6. The Labute approximate surface area is 65.1 Å². The van der Waals surface area contributed by atoms with Gasteiger partial charge in [-0.05, 0) is 0 Å². The molecular weight excluding hydrogens is 174 g/mol. The third-order valence-electron chi connectivity index (χ3n) is 0.861. The van der Waals surface area contributed by atoms with Gasteiger partial charge in [0.2, 0.25) is 0 Å². The van der Waals surface area contributed by atoms with Crippen molar-refractivity contribution < 1.29 is 13.6 Å². The molecule has 0 saturated heterocycles. The summed E-state index contributed by atoms with van der Waals surface area (Å²) in [6.07, 6.45) is -1.56. The van der Waals surface area contributed by atoms with E-state index < -0.39 is 12.3 Å². The molecule has 1 N–H and O–H groups in total. The molecule has 0 bridgehead atoms. The van der Waals surface area contributed by atoms with E-state index in [0.717, 1.165) is 11.3 Å². The number of carbonyl (C=O) groups is 1. The van der Waals surface area contributed by atoms with Crippen molar-refractivity contribution >= 4 is 22.4 Å². The minimum Gasteiger partial charge on any atom is -0.297 e. The van der Waals surface area contributed by atoms with Gasteiger partial charge in [0.25, 0.3) is 5.91 Å². The summed E-state index contributed by atoms with van der Waals surface area (Å²) in [5.74, 6) is -1.32. The van der Waals surface area contributed by atoms with Crippen molar-refractivity contribution in [2.75, 3.05) is 5.32 Å². The number of amides is 1. The largest absolute Gasteiger partial charge is 0.315 e. The Hall–Kier alpha value is -1.04. The average molecular weight is 178 g/mol. The van der Waals surface area contributed by atoms with E-state index in [1.54, 1.807) is 5.38 Å². The quantitative estimate of drug-likeness (QED) is 0.742. The molecular formula is C5H4F2N2OS. The molecule has 3 nitrogen and oxygen atoms in total. The summed E-state index contributed by atoms with van der Waals surface area (Å²) >= 11 is 1.09. The number of rotatable bonds is 2. The van der Waals surface area contributed by atoms with Gasteiger partial charge in [0.15, 0.2) is 5.13 Å². The lowest BCUT2D eigenvalue weighted by Gasteiger charge is -1.97. The van der Waals surface area contributed by atoms with Crippen LogP contribution in [0.4, 0.5) is 13.9 Å². The summed E-state index contributed by atoms with van der Waals surface area (Å²) in [7, 11) is 0. The minimum atomic E-state index is -2.99. The molecule has 0 radical (unpaired) electrons. The zero-order valence-electron chi connectivity index (χ0n) is 5.25. The van der Waals surface area contributed by atoms with E-state index in [1.807, 2.05) is 5.32 Å². The number of carbonyl (C=O) groups excluding carboxylic acids is 1. The molecule has 0 unspecified atom stereocenters. The van der Waals surface area contributed by atoms with E-state index in [2.05, 4.69) is 4.98 Å². The number of nitrogens with zero attached hydrogens (tertiary/aromatic N) is 1. The SMILES string of the molecule is O=C(Nc1nccs1)C(F)F. The summed E-state index contributed by atoms with van der Waals surface area (Å²) in [5.41, 5.74) is 0. The summed E-state index contributed by atoms with van der Waals surface area (Å²) < 4.78 is 23.2. The Balaban J connectivity index is 2.50. The summed E-state index contributed by atoms with van der Waals surface area (Å²) in [4.78, 5) is 13.9. The first-order valence-electron chi connectivity index (χ1n) is 2.68. The normalized spacial score (nSPS) is 10.1. The number of alkyl halides is 2. The number of hydrogen-bond donors (Lipinski definition) is 1. The van der Waals surface area contributed by atoms with Crippen LogP contribution < -0.4 is 5.32 Å². The van der Waals surface area contributed by atoms with Gasteiger partial charge >= 0.3 is 6.43 Å². The first-order chi connectivity index (χ1) is 5.20. The van der Waals surface area contributed by atoms with Gasteiger partial charge in [-0.15, -0.1) is 11.3 Å². The fraction of sp³-hybridized carbons (Fsp3) is 0.200. The van der Waals surface area contributed by atoms with Crippen LogP contribution >= 0.6 is 11.3 Å². The Morgan fingerprint density at radius 1 is 1.73 bits per heavy atom. The monoisotopic (exact) mass is 178 g/mol. The maximum absolute atomic E-state index is 11.6. The average Bonchev–Trinajstić information content (AvgIpc) is 2.39. The van der Waals surface area contributed by atoms with Crippen molar-refractivity contribution in [3.63, 3.8) is 0 Å². The fourth-order valence-corrected chi connectivity index (χ4v) is 0.977. The molecule has 0 saturated carbocycles. The predicted molar refractivity (Wildman–Crippen MR) is 36.7 cm³/mol. The van der Waals surface area contributed by atoms with Gasteiger partial charge in [-0.1, -0.05) is 0 Å². The molecule has 11 heavy (non-hydrogen) atoms. The van der Waals surface area contributed by atoms with Gasteiger partial charge in [-0.2, -0.15) is 8.78 Å². The van der Waals surface area contributed by atoms with E-state index in [4.69, 9.17) is 0 Å². The second kappa shape index (κ2) is 3.38. The zero-order chi connectivity index (χ0) is 8.27. The van der Waals surface area contributed by atoms with Crippen LogP contribution in [0.1, 0.15) is 0 Å². The Bertz CT molecular complexity index is 237. The highest BCUT2D eigenvalue weighted by Gasteiger charge is 2.15. The second-order valence-electron chi connectivity index (χ2n) is 1.63. The maximum atomic E-state index is 11.6. The maximum Gasteiger partial charge on any atom is 0.315 e. The standard InChI is InChI=1S/C5H4F2N2OS/c6-3(7)4(10)9-5-8-1-2-11-5/h1-3H,(H,8,9,10). The van der Waals surface area contributed by atoms with Gasteiger partial charge in [-0.3, -0.25) is 10.1 Å². The summed E-state index contributed by atoms with van der Waals surface area (Å²) in [5, 5.41) is 3.71. The number of thiazole rings is 1. The smallest absolute Gasteiger partial charge is 0.297 e. The minimum absolute atomic E-state index is 0.190. The van der Waals surface area contributed by atoms with Crippen LogP contribution in [0.15, 0.2) is 11.6 Å². The molecule has 1 heterocycles. The second-order valence-corrected chi connectivity index (χ2v) is 2.52. The van der Waals surface area contributed by atoms with Gasteiger partial charge in [0, 0.05) is 11.6 Å². The van der Waals surface area contributed by atoms with E-state index in [9.17, 15) is 13.6 Å². The van der Waals surface area contributed by atoms with E-state index >= 15 is 0 Å². The Morgan fingerprint density at radius 2 is 2.45 bits per heavy atom. The molecule has 0 aliphatic carbocycles. The van der Waals surface area contributed by atoms with Crippen LogP contribution in [-0.2, 0) is 4.79 Å². The first kappa shape index (κ1) is 8.06. The lowest BCUT2D eigenvalue weighted by Crippen LogP contribution is -2.19. The molecule has 0 aliphatic rings. The first-order valence-corrected chi connectivity index (χ1v) is 3.56. The molecule has 6 heteroatoms. The molecule has 0 fully saturated rings. The molecule has 1 aromatic heterocycles. The number of halogens is 2. The highest BCUT2D eigenvalue weighted by molar-refractivity contribution is 7.13. The van der Waals surface area contributed by atoms with Crippen molar-refractivity contribution in [1.82, 2.24) is 4.98 Å². The Morgan fingerprint density at radius 3 is 2.91 bits per heavy atom. The van der Waals surface area contributed by atoms with Crippen molar-refractivity contribution in [3.05, 3.63) is 11.6 Å². The van der Waals surface area contributed by atoms with Crippen molar-refractivity contribution in [1.29, 1.82) is 0 Å². The van der Waals surface area contributed by atoms with Crippen LogP contribution in [0.25, 0.3) is 0 Å². The Kier molecular flexibility index (Phi) is 2.48. The number of nitrogens with one attached hydrogen (secondary N) is 1. The van der Waals surface area contributed by atoms with Crippen molar-refractivity contribution in [2.45, 2.75) is 6.43 Å². The van der Waals surface area contributed by atoms with Crippen molar-refractivity contribution in [3.8, 4) is 0 Å². The number of aromatic nitrogens is 1. The molecule has 0 spiro atoms. The molecule has 1 amide bonds. The van der Waals surface area contributed by atoms with Crippen LogP contribution in [0.3, 0.4) is 0 Å². The van der Waals surface area contributed by atoms with Gasteiger partial charge < -0.3 is 0 Å². The summed E-state index contributed by atoms with van der Waals surface area (Å²) in [6, 6.07) is 0. The zero-order valence-corrected chi connectivity index (χ0v) is 6.07. The molecule has 60 valence electrons. The highest BCUT2D eigenvalue weighted by atomic mass is 32.1. The predicted octanol–water partition coefficient (Wildman–Crippen LogP) is 1.35. The lowest BCUT2D eigenvalue weighted by molar-refractivity contribution is -0.126. The van der Waals surface area contributed by atoms with Crippen LogP contribution in [0, 0.1) is 0 Å². The van der Waals surface area contributed by atoms with Crippen LogP contribution in [0.2, 0.25) is 0 Å². The fourth-order valence-electron chi connectivity index (χ4n) is 0.445. The topological polar surface area (TPSA) is 42.0 Å². The number of hydrogen-bond acceptors (Lipinski definition) is 3. The highest BCUT2D eigenvalue weighted by Crippen LogP contribution is 2.10. The molecule has 1 rings (SSSR count). The summed E-state index contributed by atoms with van der Waals surface area (Å²) in [6.45, 7) is 0. The molecule has 0 atom stereocenters. The van der Waals surface area contributed by atoms with Crippen molar-refractivity contribution in [2.24, 2.45) is 0 Å². The molecule has 0 aliphatic heterocycles. The van der Waals surface area contributed by atoms with E-state index in [0.29, 0.717) is 0 Å². The molecule has 1 aromatic rings. The van der Waals surface area contributed by atoms with E-state index in [-0.39, 0.29) is 5.13 Å². The van der Waals surface area contributed by atoms with Crippen LogP contribution in [-0.4, -0.2) is 17.3 Å². The molecule has 0 aromatic carbocycles. The number of anilines is 1.